The summed E-state index contributed by atoms with van der Waals surface area (Å²) in [6.45, 7) is 2.67. The average molecular weight is 264 g/mol. The van der Waals surface area contributed by atoms with Crippen LogP contribution in [0.4, 0.5) is 16.0 Å². The monoisotopic (exact) mass is 264 g/mol. The Kier molecular flexibility index (Phi) is 3.04. The molecule has 0 aliphatic carbocycles. The number of hydrogen-bond donors (Lipinski definition) is 1. The summed E-state index contributed by atoms with van der Waals surface area (Å²) >= 11 is 0. The first-order valence-corrected chi connectivity index (χ1v) is 5.96. The van der Waals surface area contributed by atoms with Crippen LogP contribution in [-0.4, -0.2) is 36.4 Å². The van der Waals surface area contributed by atoms with Gasteiger partial charge in [-0.25, -0.2) is 4.39 Å². The van der Waals surface area contributed by atoms with Crippen molar-refractivity contribution in [1.82, 2.24) is 10.1 Å². The fourth-order valence-electron chi connectivity index (χ4n) is 1.94. The number of hydrogen-bond acceptors (Lipinski definition) is 6. The molecular formula is C12H13FN4O2. The van der Waals surface area contributed by atoms with Crippen LogP contribution in [-0.2, 0) is 4.74 Å². The van der Waals surface area contributed by atoms with Gasteiger partial charge >= 0.3 is 0 Å². The van der Waals surface area contributed by atoms with Gasteiger partial charge in [0.05, 0.1) is 24.5 Å². The van der Waals surface area contributed by atoms with Crippen LogP contribution < -0.4 is 10.6 Å². The van der Waals surface area contributed by atoms with Crippen molar-refractivity contribution in [2.75, 3.05) is 36.9 Å². The lowest BCUT2D eigenvalue weighted by atomic mass is 10.2. The van der Waals surface area contributed by atoms with Crippen LogP contribution in [0.5, 0.6) is 0 Å². The molecule has 3 rings (SSSR count). The van der Waals surface area contributed by atoms with E-state index in [2.05, 4.69) is 10.1 Å². The average Bonchev–Trinajstić information content (AvgIpc) is 2.92. The van der Waals surface area contributed by atoms with Gasteiger partial charge in [-0.2, -0.15) is 4.98 Å². The highest BCUT2D eigenvalue weighted by Crippen LogP contribution is 2.27. The number of nitrogen functional groups attached to an aromatic ring is 1. The van der Waals surface area contributed by atoms with E-state index in [9.17, 15) is 4.39 Å². The minimum Gasteiger partial charge on any atom is -0.396 e. The maximum Gasteiger partial charge on any atom is 0.266 e. The Morgan fingerprint density at radius 1 is 1.26 bits per heavy atom. The molecule has 0 bridgehead atoms. The van der Waals surface area contributed by atoms with Gasteiger partial charge in [-0.1, -0.05) is 6.07 Å². The van der Waals surface area contributed by atoms with Crippen LogP contribution >= 0.6 is 0 Å². The number of aromatic nitrogens is 2. The van der Waals surface area contributed by atoms with Gasteiger partial charge in [0.15, 0.2) is 0 Å². The van der Waals surface area contributed by atoms with Gasteiger partial charge in [0.1, 0.15) is 5.82 Å². The second-order valence-corrected chi connectivity index (χ2v) is 4.20. The number of morpholine rings is 1. The fourth-order valence-corrected chi connectivity index (χ4v) is 1.94. The molecule has 0 radical (unpaired) electrons. The van der Waals surface area contributed by atoms with E-state index in [1.165, 1.54) is 6.07 Å². The molecule has 2 heterocycles. The van der Waals surface area contributed by atoms with Crippen molar-refractivity contribution < 1.29 is 13.7 Å². The number of nitrogens with zero attached hydrogens (tertiary/aromatic N) is 3. The third kappa shape index (κ3) is 2.24. The van der Waals surface area contributed by atoms with E-state index >= 15 is 0 Å². The van der Waals surface area contributed by atoms with Gasteiger partial charge in [0.25, 0.3) is 11.8 Å². The number of ether oxygens (including phenoxy) is 1. The molecule has 1 aromatic heterocycles. The SMILES string of the molecule is Nc1c(F)cccc1-c1nc(N2CCOCC2)no1. The summed E-state index contributed by atoms with van der Waals surface area (Å²) < 4.78 is 23.8. The van der Waals surface area contributed by atoms with E-state index in [0.29, 0.717) is 37.8 Å². The summed E-state index contributed by atoms with van der Waals surface area (Å²) in [4.78, 5) is 6.20. The summed E-state index contributed by atoms with van der Waals surface area (Å²) in [5.74, 6) is 0.198. The maximum atomic E-state index is 13.4. The van der Waals surface area contributed by atoms with E-state index in [4.69, 9.17) is 15.0 Å². The number of halogens is 1. The smallest absolute Gasteiger partial charge is 0.266 e. The highest BCUT2D eigenvalue weighted by atomic mass is 19.1. The Morgan fingerprint density at radius 3 is 2.84 bits per heavy atom. The zero-order chi connectivity index (χ0) is 13.2. The molecule has 1 aliphatic rings. The summed E-state index contributed by atoms with van der Waals surface area (Å²) in [5, 5.41) is 3.89. The van der Waals surface area contributed by atoms with E-state index in [-0.39, 0.29) is 11.6 Å². The highest BCUT2D eigenvalue weighted by Gasteiger charge is 2.19. The number of benzene rings is 1. The Labute approximate surface area is 109 Å². The minimum atomic E-state index is -0.497. The van der Waals surface area contributed by atoms with Gasteiger partial charge in [-0.05, 0) is 17.3 Å². The second kappa shape index (κ2) is 4.85. The molecule has 19 heavy (non-hydrogen) atoms. The number of para-hydroxylation sites is 1. The lowest BCUT2D eigenvalue weighted by Gasteiger charge is -2.24. The summed E-state index contributed by atoms with van der Waals surface area (Å²) in [6.07, 6.45) is 0. The van der Waals surface area contributed by atoms with Crippen molar-refractivity contribution in [2.45, 2.75) is 0 Å². The lowest BCUT2D eigenvalue weighted by molar-refractivity contribution is 0.121. The van der Waals surface area contributed by atoms with Gasteiger partial charge in [0, 0.05) is 13.1 Å². The Balaban J connectivity index is 1.90. The predicted molar refractivity (Wildman–Crippen MR) is 67.1 cm³/mol. The van der Waals surface area contributed by atoms with Gasteiger partial charge in [-0.15, -0.1) is 0 Å². The highest BCUT2D eigenvalue weighted by molar-refractivity contribution is 5.71. The van der Waals surface area contributed by atoms with Crippen molar-refractivity contribution >= 4 is 11.6 Å². The molecule has 0 spiro atoms. The number of anilines is 2. The third-order valence-electron chi connectivity index (χ3n) is 2.99. The van der Waals surface area contributed by atoms with Crippen LogP contribution in [0.15, 0.2) is 22.7 Å². The van der Waals surface area contributed by atoms with Crippen molar-refractivity contribution in [1.29, 1.82) is 0 Å². The van der Waals surface area contributed by atoms with Crippen molar-refractivity contribution in [3.63, 3.8) is 0 Å². The Bertz CT molecular complexity index is 581. The van der Waals surface area contributed by atoms with E-state index in [1.807, 2.05) is 4.90 Å². The van der Waals surface area contributed by atoms with Crippen LogP contribution in [0.25, 0.3) is 11.5 Å². The first-order valence-electron chi connectivity index (χ1n) is 5.96. The molecule has 6 nitrogen and oxygen atoms in total. The minimum absolute atomic E-state index is 0.0136. The number of nitrogens with two attached hydrogens (primary N) is 1. The molecule has 1 aliphatic heterocycles. The topological polar surface area (TPSA) is 77.4 Å². The van der Waals surface area contributed by atoms with Gasteiger partial charge in [0.2, 0.25) is 0 Å². The summed E-state index contributed by atoms with van der Waals surface area (Å²) in [6, 6.07) is 4.49. The summed E-state index contributed by atoms with van der Waals surface area (Å²) in [5.41, 5.74) is 6.09. The third-order valence-corrected chi connectivity index (χ3v) is 2.99. The van der Waals surface area contributed by atoms with Crippen LogP contribution in [0.3, 0.4) is 0 Å². The summed E-state index contributed by atoms with van der Waals surface area (Å²) in [7, 11) is 0. The molecule has 100 valence electrons. The van der Waals surface area contributed by atoms with Crippen LogP contribution in [0, 0.1) is 5.82 Å². The zero-order valence-electron chi connectivity index (χ0n) is 10.2. The molecular weight excluding hydrogens is 251 g/mol. The van der Waals surface area contributed by atoms with E-state index in [0.717, 1.165) is 0 Å². The molecule has 1 saturated heterocycles. The standard InChI is InChI=1S/C12H13FN4O2/c13-9-3-1-2-8(10(9)14)11-15-12(16-19-11)17-4-6-18-7-5-17/h1-3H,4-7,14H2. The molecule has 2 N–H and O–H groups in total. The molecule has 2 aromatic rings. The maximum absolute atomic E-state index is 13.4. The Hall–Kier alpha value is -2.15. The van der Waals surface area contributed by atoms with Crippen molar-refractivity contribution in [3.8, 4) is 11.5 Å². The Morgan fingerprint density at radius 2 is 2.05 bits per heavy atom. The number of rotatable bonds is 2. The predicted octanol–water partition coefficient (Wildman–Crippen LogP) is 1.29. The molecule has 0 saturated carbocycles. The molecule has 1 fully saturated rings. The molecule has 0 atom stereocenters. The normalized spacial score (nSPS) is 15.7. The van der Waals surface area contributed by atoms with Crippen molar-refractivity contribution in [2.24, 2.45) is 0 Å². The quantitative estimate of drug-likeness (QED) is 0.824. The van der Waals surface area contributed by atoms with Gasteiger partial charge < -0.3 is 19.9 Å². The van der Waals surface area contributed by atoms with Crippen LogP contribution in [0.1, 0.15) is 0 Å². The second-order valence-electron chi connectivity index (χ2n) is 4.20. The molecule has 7 heteroatoms. The first-order chi connectivity index (χ1) is 9.25. The first kappa shape index (κ1) is 11.9. The van der Waals surface area contributed by atoms with E-state index < -0.39 is 5.82 Å². The van der Waals surface area contributed by atoms with Gasteiger partial charge in [-0.3, -0.25) is 0 Å². The zero-order valence-corrected chi connectivity index (χ0v) is 10.2. The van der Waals surface area contributed by atoms with Crippen molar-refractivity contribution in [3.05, 3.63) is 24.0 Å². The van der Waals surface area contributed by atoms with E-state index in [1.54, 1.807) is 12.1 Å². The largest absolute Gasteiger partial charge is 0.396 e. The molecule has 0 unspecified atom stereocenters. The molecule has 1 aromatic carbocycles. The molecule has 0 amide bonds. The fraction of sp³-hybridized carbons (Fsp3) is 0.333. The van der Waals surface area contributed by atoms with Crippen LogP contribution in [0.2, 0.25) is 0 Å². The lowest BCUT2D eigenvalue weighted by Crippen LogP contribution is -2.36.